The predicted molar refractivity (Wildman–Crippen MR) is 273 cm³/mol. The number of hydrogen-bond acceptors (Lipinski definition) is 3. The van der Waals surface area contributed by atoms with Crippen molar-refractivity contribution in [3.05, 3.63) is 211 Å². The summed E-state index contributed by atoms with van der Waals surface area (Å²) in [6, 6.07) is 74.1. The molecule has 3 heteroatoms. The highest BCUT2D eigenvalue weighted by molar-refractivity contribution is 7.26. The summed E-state index contributed by atoms with van der Waals surface area (Å²) in [5.74, 6) is 1.74. The Labute approximate surface area is 374 Å². The summed E-state index contributed by atoms with van der Waals surface area (Å²) in [6.45, 7) is 4.72. The van der Waals surface area contributed by atoms with E-state index in [1.54, 1.807) is 0 Å². The van der Waals surface area contributed by atoms with Crippen molar-refractivity contribution >= 4 is 91.7 Å². The summed E-state index contributed by atoms with van der Waals surface area (Å²) in [7, 11) is 0. The third-order valence-electron chi connectivity index (χ3n) is 14.2. The van der Waals surface area contributed by atoms with E-state index in [1.807, 2.05) is 11.3 Å². The van der Waals surface area contributed by atoms with E-state index in [2.05, 4.69) is 219 Å². The lowest BCUT2D eigenvalue weighted by Crippen LogP contribution is -2.16. The minimum absolute atomic E-state index is 0.135. The van der Waals surface area contributed by atoms with E-state index in [4.69, 9.17) is 4.74 Å². The fourth-order valence-corrected chi connectivity index (χ4v) is 12.4. The second-order valence-corrected chi connectivity index (χ2v) is 19.0. The van der Waals surface area contributed by atoms with Gasteiger partial charge in [-0.25, -0.2) is 0 Å². The molecule has 0 N–H and O–H groups in total. The van der Waals surface area contributed by atoms with Crippen LogP contribution in [0.2, 0.25) is 0 Å². The highest BCUT2D eigenvalue weighted by atomic mass is 32.1. The molecule has 0 fully saturated rings. The molecule has 64 heavy (non-hydrogen) atoms. The Kier molecular flexibility index (Phi) is 7.36. The van der Waals surface area contributed by atoms with Gasteiger partial charge in [-0.3, -0.25) is 0 Å². The first-order valence-electron chi connectivity index (χ1n) is 22.2. The Morgan fingerprint density at radius 2 is 0.969 bits per heavy atom. The zero-order chi connectivity index (χ0) is 42.3. The first-order chi connectivity index (χ1) is 31.5. The van der Waals surface area contributed by atoms with Crippen LogP contribution in [0.1, 0.15) is 25.0 Å². The van der Waals surface area contributed by atoms with E-state index < -0.39 is 0 Å². The van der Waals surface area contributed by atoms with Crippen LogP contribution in [0.15, 0.2) is 200 Å². The van der Waals surface area contributed by atoms with Crippen molar-refractivity contribution in [2.75, 3.05) is 4.90 Å². The summed E-state index contributed by atoms with van der Waals surface area (Å²) in [5, 5.41) is 12.6. The van der Waals surface area contributed by atoms with Crippen molar-refractivity contribution in [3.63, 3.8) is 0 Å². The molecule has 0 saturated heterocycles. The third-order valence-corrected chi connectivity index (χ3v) is 15.4. The van der Waals surface area contributed by atoms with E-state index in [9.17, 15) is 0 Å². The van der Waals surface area contributed by atoms with Gasteiger partial charge in [0.25, 0.3) is 0 Å². The average molecular weight is 834 g/mol. The topological polar surface area (TPSA) is 12.5 Å². The Balaban J connectivity index is 0.937. The van der Waals surface area contributed by atoms with Crippen molar-refractivity contribution < 1.29 is 4.74 Å². The van der Waals surface area contributed by atoms with Gasteiger partial charge in [0, 0.05) is 54.0 Å². The van der Waals surface area contributed by atoms with Crippen LogP contribution >= 0.6 is 11.3 Å². The smallest absolute Gasteiger partial charge is 0.137 e. The molecular formula is C61H39NOS. The van der Waals surface area contributed by atoms with Crippen LogP contribution in [-0.2, 0) is 5.41 Å². The SMILES string of the molecule is CC1(C)c2ccccc2-c2ccc(N(c3ccc4c(c3)Oc3ccc(-c5ccc6c7ccccc7c7ccccc7c6c5)c5cccc-4c35)c3cccc4sc5ccccc5c34)cc21. The first-order valence-corrected chi connectivity index (χ1v) is 23.0. The number of fused-ring (bicyclic) bond motifs is 14. The Hall–Kier alpha value is -7.72. The highest BCUT2D eigenvalue weighted by Crippen LogP contribution is 2.54. The molecule has 0 bridgehead atoms. The van der Waals surface area contributed by atoms with Crippen molar-refractivity contribution in [1.29, 1.82) is 0 Å². The molecule has 0 saturated carbocycles. The van der Waals surface area contributed by atoms with Crippen LogP contribution in [0.5, 0.6) is 11.5 Å². The monoisotopic (exact) mass is 833 g/mol. The normalized spacial score (nSPS) is 13.4. The van der Waals surface area contributed by atoms with Crippen molar-refractivity contribution in [2.45, 2.75) is 19.3 Å². The first kappa shape index (κ1) is 35.8. The molecule has 2 heterocycles. The molecule has 0 unspecified atom stereocenters. The second kappa shape index (κ2) is 13.2. The Bertz CT molecular complexity index is 3950. The molecule has 0 radical (unpaired) electrons. The number of hydrogen-bond donors (Lipinski definition) is 0. The number of anilines is 3. The predicted octanol–water partition coefficient (Wildman–Crippen LogP) is 17.9. The van der Waals surface area contributed by atoms with Crippen LogP contribution in [-0.4, -0.2) is 0 Å². The summed E-state index contributed by atoms with van der Waals surface area (Å²) in [4.78, 5) is 2.45. The number of ether oxygens (including phenoxy) is 1. The van der Waals surface area contributed by atoms with Gasteiger partial charge in [-0.05, 0) is 131 Å². The van der Waals surface area contributed by atoms with Crippen LogP contribution in [0.25, 0.3) is 96.6 Å². The molecule has 11 aromatic carbocycles. The quantitative estimate of drug-likeness (QED) is 0.164. The molecule has 300 valence electrons. The molecule has 0 spiro atoms. The van der Waals surface area contributed by atoms with Gasteiger partial charge >= 0.3 is 0 Å². The minimum Gasteiger partial charge on any atom is -0.456 e. The van der Waals surface area contributed by atoms with Gasteiger partial charge in [0.05, 0.1) is 5.69 Å². The van der Waals surface area contributed by atoms with Gasteiger partial charge in [0.2, 0.25) is 0 Å². The van der Waals surface area contributed by atoms with Gasteiger partial charge in [0.1, 0.15) is 11.5 Å². The molecule has 14 rings (SSSR count). The molecule has 1 aromatic heterocycles. The lowest BCUT2D eigenvalue weighted by molar-refractivity contribution is 0.487. The number of nitrogens with zero attached hydrogens (tertiary/aromatic N) is 1. The molecule has 2 nitrogen and oxygen atoms in total. The fourth-order valence-electron chi connectivity index (χ4n) is 11.3. The fraction of sp³-hybridized carbons (Fsp3) is 0.0492. The van der Waals surface area contributed by atoms with E-state index in [0.717, 1.165) is 39.5 Å². The second-order valence-electron chi connectivity index (χ2n) is 18.0. The lowest BCUT2D eigenvalue weighted by Gasteiger charge is -2.30. The maximum atomic E-state index is 7.05. The van der Waals surface area contributed by atoms with Gasteiger partial charge in [-0.1, -0.05) is 153 Å². The van der Waals surface area contributed by atoms with E-state index in [1.165, 1.54) is 96.8 Å². The van der Waals surface area contributed by atoms with Crippen LogP contribution < -0.4 is 9.64 Å². The summed E-state index contributed by atoms with van der Waals surface area (Å²) < 4.78 is 9.61. The van der Waals surface area contributed by atoms with Gasteiger partial charge in [-0.2, -0.15) is 0 Å². The summed E-state index contributed by atoms with van der Waals surface area (Å²) >= 11 is 1.86. The molecule has 0 atom stereocenters. The number of rotatable bonds is 4. The van der Waals surface area contributed by atoms with E-state index in [-0.39, 0.29) is 5.41 Å². The van der Waals surface area contributed by atoms with E-state index in [0.29, 0.717) is 0 Å². The lowest BCUT2D eigenvalue weighted by atomic mass is 9.82. The van der Waals surface area contributed by atoms with Gasteiger partial charge < -0.3 is 9.64 Å². The molecular weight excluding hydrogens is 795 g/mol. The summed E-state index contributed by atoms with van der Waals surface area (Å²) in [6.07, 6.45) is 0. The average Bonchev–Trinajstić information content (AvgIpc) is 3.84. The summed E-state index contributed by atoms with van der Waals surface area (Å²) in [5.41, 5.74) is 13.2. The molecule has 2 aliphatic rings. The number of thiophene rings is 1. The van der Waals surface area contributed by atoms with E-state index >= 15 is 0 Å². The zero-order valence-corrected chi connectivity index (χ0v) is 36.1. The Morgan fingerprint density at radius 3 is 1.78 bits per heavy atom. The van der Waals surface area contributed by atoms with Crippen LogP contribution in [0.4, 0.5) is 17.1 Å². The third kappa shape index (κ3) is 4.96. The standard InChI is InChI=1S/C61H39NOS/c1-61(2)52-21-9-7-17-45(52)46-29-26-37(34-53(46)61)62(54-22-12-24-58-60(54)50-18-8-10-23-57(50)64-58)38-27-30-47-49-20-11-19-48-39(31-32-55(59(48)49)63-56(47)35-38)36-25-28-44-42-15-4-3-13-40(42)41-14-5-6-16-43(41)51(44)33-36/h3-35H,1-2H3. The maximum absolute atomic E-state index is 7.05. The minimum atomic E-state index is -0.135. The van der Waals surface area contributed by atoms with Crippen LogP contribution in [0.3, 0.4) is 0 Å². The van der Waals surface area contributed by atoms with Crippen LogP contribution in [0, 0.1) is 0 Å². The van der Waals surface area contributed by atoms with Gasteiger partial charge in [-0.15, -0.1) is 11.3 Å². The molecule has 0 amide bonds. The molecule has 1 aliphatic heterocycles. The van der Waals surface area contributed by atoms with Gasteiger partial charge in [0.15, 0.2) is 0 Å². The Morgan fingerprint density at radius 1 is 0.375 bits per heavy atom. The van der Waals surface area contributed by atoms with Crippen molar-refractivity contribution in [3.8, 4) is 44.9 Å². The van der Waals surface area contributed by atoms with Crippen molar-refractivity contribution in [1.82, 2.24) is 0 Å². The number of benzene rings is 11. The zero-order valence-electron chi connectivity index (χ0n) is 35.3. The molecule has 1 aliphatic carbocycles. The molecule has 12 aromatic rings. The maximum Gasteiger partial charge on any atom is 0.137 e. The highest BCUT2D eigenvalue weighted by Gasteiger charge is 2.36. The largest absolute Gasteiger partial charge is 0.456 e. The van der Waals surface area contributed by atoms with Crippen molar-refractivity contribution in [2.24, 2.45) is 0 Å².